The van der Waals surface area contributed by atoms with Crippen LogP contribution in [0.1, 0.15) is 24.5 Å². The number of rotatable bonds is 3. The van der Waals surface area contributed by atoms with E-state index in [-0.39, 0.29) is 16.9 Å². The van der Waals surface area contributed by atoms with Crippen LogP contribution < -0.4 is 4.90 Å². The van der Waals surface area contributed by atoms with Crippen LogP contribution in [0.15, 0.2) is 12.3 Å². The van der Waals surface area contributed by atoms with Crippen molar-refractivity contribution in [2.75, 3.05) is 17.2 Å². The van der Waals surface area contributed by atoms with Gasteiger partial charge in [0.25, 0.3) is 0 Å². The molecule has 19 heavy (non-hydrogen) atoms. The summed E-state index contributed by atoms with van der Waals surface area (Å²) in [5.74, 6) is 1.81. The average molecular weight is 278 g/mol. The Kier molecular flexibility index (Phi) is 4.24. The van der Waals surface area contributed by atoms with E-state index >= 15 is 0 Å². The van der Waals surface area contributed by atoms with Gasteiger partial charge in [0.1, 0.15) is 5.82 Å². The fourth-order valence-electron chi connectivity index (χ4n) is 2.32. The van der Waals surface area contributed by atoms with Crippen molar-refractivity contribution < 1.29 is 9.59 Å². The molecule has 5 heteroatoms. The summed E-state index contributed by atoms with van der Waals surface area (Å²) in [4.78, 5) is 29.2. The second-order valence-corrected chi connectivity index (χ2v) is 6.23. The Morgan fingerprint density at radius 1 is 1.53 bits per heavy atom. The summed E-state index contributed by atoms with van der Waals surface area (Å²) in [6.45, 7) is 6.18. The maximum absolute atomic E-state index is 12.1. The fourth-order valence-corrected chi connectivity index (χ4v) is 3.02. The molecule has 102 valence electrons. The molecule has 0 spiro atoms. The molecule has 0 N–H and O–H groups in total. The lowest BCUT2D eigenvalue weighted by Gasteiger charge is -2.18. The summed E-state index contributed by atoms with van der Waals surface area (Å²) in [6.07, 6.45) is 2.29. The summed E-state index contributed by atoms with van der Waals surface area (Å²) in [7, 11) is 0. The van der Waals surface area contributed by atoms with E-state index in [0.29, 0.717) is 18.7 Å². The number of aromatic nitrogens is 1. The van der Waals surface area contributed by atoms with E-state index in [1.165, 1.54) is 11.8 Å². The van der Waals surface area contributed by atoms with Crippen molar-refractivity contribution in [2.45, 2.75) is 27.2 Å². The second-order valence-electron chi connectivity index (χ2n) is 5.03. The predicted octanol–water partition coefficient (Wildman–Crippen LogP) is 2.33. The quantitative estimate of drug-likeness (QED) is 0.851. The fraction of sp³-hybridized carbons (Fsp3) is 0.500. The lowest BCUT2D eigenvalue weighted by molar-refractivity contribution is -0.117. The van der Waals surface area contributed by atoms with Crippen LogP contribution in [0.2, 0.25) is 0 Å². The molecular weight excluding hydrogens is 260 g/mol. The first-order valence-corrected chi connectivity index (χ1v) is 7.33. The highest BCUT2D eigenvalue weighted by molar-refractivity contribution is 8.13. The van der Waals surface area contributed by atoms with Gasteiger partial charge in [-0.1, -0.05) is 17.8 Å². The summed E-state index contributed by atoms with van der Waals surface area (Å²) in [5, 5.41) is 0.107. The van der Waals surface area contributed by atoms with Gasteiger partial charge in [-0.15, -0.1) is 0 Å². The van der Waals surface area contributed by atoms with Gasteiger partial charge in [-0.25, -0.2) is 4.98 Å². The lowest BCUT2D eigenvalue weighted by atomic mass is 10.1. The smallest absolute Gasteiger partial charge is 0.228 e. The third-order valence-corrected chi connectivity index (χ3v) is 4.22. The van der Waals surface area contributed by atoms with Crippen molar-refractivity contribution in [2.24, 2.45) is 5.92 Å². The van der Waals surface area contributed by atoms with E-state index < -0.39 is 0 Å². The van der Waals surface area contributed by atoms with Gasteiger partial charge >= 0.3 is 0 Å². The summed E-state index contributed by atoms with van der Waals surface area (Å²) < 4.78 is 0. The molecule has 0 aromatic carbocycles. The Hall–Kier alpha value is -1.36. The topological polar surface area (TPSA) is 50.3 Å². The molecule has 0 radical (unpaired) electrons. The maximum atomic E-state index is 12.1. The van der Waals surface area contributed by atoms with Gasteiger partial charge < -0.3 is 0 Å². The number of carbonyl (C=O) groups excluding carboxylic acids is 2. The van der Waals surface area contributed by atoms with Crippen molar-refractivity contribution in [1.82, 2.24) is 4.98 Å². The first-order chi connectivity index (χ1) is 8.97. The molecule has 1 amide bonds. The van der Waals surface area contributed by atoms with Crippen molar-refractivity contribution in [3.05, 3.63) is 23.4 Å². The summed E-state index contributed by atoms with van der Waals surface area (Å²) in [6, 6.07) is 2.03. The number of aryl methyl sites for hydroxylation is 2. The number of anilines is 1. The van der Waals surface area contributed by atoms with E-state index in [0.717, 1.165) is 16.9 Å². The predicted molar refractivity (Wildman–Crippen MR) is 77.3 cm³/mol. The Labute approximate surface area is 117 Å². The molecule has 1 aromatic rings. The molecule has 1 aliphatic heterocycles. The van der Waals surface area contributed by atoms with Gasteiger partial charge in [-0.05, 0) is 30.9 Å². The van der Waals surface area contributed by atoms with Crippen LogP contribution in [-0.2, 0) is 9.59 Å². The molecule has 1 unspecified atom stereocenters. The molecule has 0 aliphatic carbocycles. The molecule has 1 saturated heterocycles. The minimum atomic E-state index is 0.105. The third kappa shape index (κ3) is 3.35. The van der Waals surface area contributed by atoms with E-state index in [9.17, 15) is 9.59 Å². The van der Waals surface area contributed by atoms with Crippen molar-refractivity contribution in [1.29, 1.82) is 0 Å². The van der Waals surface area contributed by atoms with Crippen molar-refractivity contribution >= 4 is 28.6 Å². The van der Waals surface area contributed by atoms with Gasteiger partial charge in [0.2, 0.25) is 5.91 Å². The molecule has 1 aromatic heterocycles. The summed E-state index contributed by atoms with van der Waals surface area (Å²) >= 11 is 1.30. The van der Waals surface area contributed by atoms with E-state index in [1.54, 1.807) is 18.0 Å². The van der Waals surface area contributed by atoms with Crippen LogP contribution in [0.3, 0.4) is 0 Å². The minimum Gasteiger partial charge on any atom is -0.296 e. The number of hydrogen-bond acceptors (Lipinski definition) is 4. The first-order valence-electron chi connectivity index (χ1n) is 6.34. The molecule has 0 saturated carbocycles. The van der Waals surface area contributed by atoms with Gasteiger partial charge in [0.15, 0.2) is 5.12 Å². The number of carbonyl (C=O) groups is 2. The first kappa shape index (κ1) is 14.1. The molecule has 1 atom stereocenters. The zero-order chi connectivity index (χ0) is 14.0. The molecule has 4 nitrogen and oxygen atoms in total. The molecular formula is C14H18N2O2S. The van der Waals surface area contributed by atoms with Gasteiger partial charge in [0.05, 0.1) is 0 Å². The molecule has 0 bridgehead atoms. The Morgan fingerprint density at radius 2 is 2.26 bits per heavy atom. The number of amides is 1. The SMILES string of the molecule is CC(=O)SCC1CC(=O)N(c2ncc(C)cc2C)C1. The molecule has 1 fully saturated rings. The van der Waals surface area contributed by atoms with Crippen LogP contribution in [0.4, 0.5) is 5.82 Å². The third-order valence-electron chi connectivity index (χ3n) is 3.17. The average Bonchev–Trinajstić information content (AvgIpc) is 2.68. The lowest BCUT2D eigenvalue weighted by Crippen LogP contribution is -2.26. The molecule has 1 aliphatic rings. The zero-order valence-electron chi connectivity index (χ0n) is 11.5. The largest absolute Gasteiger partial charge is 0.296 e. The van der Waals surface area contributed by atoms with Crippen LogP contribution in [0, 0.1) is 19.8 Å². The summed E-state index contributed by atoms with van der Waals surface area (Å²) in [5.41, 5.74) is 2.12. The Morgan fingerprint density at radius 3 is 2.89 bits per heavy atom. The number of hydrogen-bond donors (Lipinski definition) is 0. The molecule has 2 heterocycles. The Bertz CT molecular complexity index is 516. The number of pyridine rings is 1. The van der Waals surface area contributed by atoms with Crippen molar-refractivity contribution in [3.8, 4) is 0 Å². The normalized spacial score (nSPS) is 19.0. The Balaban J connectivity index is 2.09. The monoisotopic (exact) mass is 278 g/mol. The molecule has 2 rings (SSSR count). The van der Waals surface area contributed by atoms with Crippen LogP contribution in [0.25, 0.3) is 0 Å². The highest BCUT2D eigenvalue weighted by atomic mass is 32.2. The minimum absolute atomic E-state index is 0.105. The van der Waals surface area contributed by atoms with Crippen LogP contribution in [-0.4, -0.2) is 28.3 Å². The van der Waals surface area contributed by atoms with Crippen molar-refractivity contribution in [3.63, 3.8) is 0 Å². The van der Waals surface area contributed by atoms with Gasteiger partial charge in [0, 0.05) is 31.8 Å². The van der Waals surface area contributed by atoms with Crippen LogP contribution >= 0.6 is 11.8 Å². The number of nitrogens with zero attached hydrogens (tertiary/aromatic N) is 2. The number of thioether (sulfide) groups is 1. The van der Waals surface area contributed by atoms with E-state index in [2.05, 4.69) is 4.98 Å². The van der Waals surface area contributed by atoms with Crippen LogP contribution in [0.5, 0.6) is 0 Å². The van der Waals surface area contributed by atoms with Gasteiger partial charge in [-0.3, -0.25) is 14.5 Å². The maximum Gasteiger partial charge on any atom is 0.228 e. The van der Waals surface area contributed by atoms with E-state index in [4.69, 9.17) is 0 Å². The standard InChI is InChI=1S/C14H18N2O2S/c1-9-4-10(2)14(15-6-9)16-7-12(5-13(16)18)8-19-11(3)17/h4,6,12H,5,7-8H2,1-3H3. The zero-order valence-corrected chi connectivity index (χ0v) is 12.3. The second kappa shape index (κ2) is 5.74. The van der Waals surface area contributed by atoms with E-state index in [1.807, 2.05) is 19.9 Å². The highest BCUT2D eigenvalue weighted by Crippen LogP contribution is 2.28. The highest BCUT2D eigenvalue weighted by Gasteiger charge is 2.32. The van der Waals surface area contributed by atoms with Gasteiger partial charge in [-0.2, -0.15) is 0 Å².